The Morgan fingerprint density at radius 1 is 1.00 bits per heavy atom. The molecule has 1 N–H and O–H groups in total. The Bertz CT molecular complexity index is 1010. The van der Waals surface area contributed by atoms with E-state index in [0.717, 1.165) is 10.6 Å². The van der Waals surface area contributed by atoms with E-state index < -0.39 is 11.9 Å². The Morgan fingerprint density at radius 2 is 1.67 bits per heavy atom. The Kier molecular flexibility index (Phi) is 7.31. The molecule has 3 aromatic rings. The monoisotopic (exact) mass is 444 g/mol. The molecule has 30 heavy (non-hydrogen) atoms. The van der Waals surface area contributed by atoms with Crippen molar-refractivity contribution in [2.24, 2.45) is 0 Å². The number of carbonyl (C=O) groups excluding carboxylic acids is 3. The molecule has 0 saturated carbocycles. The van der Waals surface area contributed by atoms with Crippen molar-refractivity contribution in [2.75, 3.05) is 18.5 Å². The standard InChI is InChI=1S/C21H20N2O5S2/c1-3-27-20(25)14-7-15(21(26)28-4-2)9-16(8-14)22-18(24)10-17-12-30-19(23-17)13-5-6-29-11-13/h5-9,11-12H,3-4,10H2,1-2H3,(H,22,24). The Hall–Kier alpha value is -3.04. The largest absolute Gasteiger partial charge is 0.462 e. The molecule has 9 heteroatoms. The predicted octanol–water partition coefficient (Wildman–Crippen LogP) is 4.41. The first-order chi connectivity index (χ1) is 14.5. The molecule has 0 spiro atoms. The molecule has 0 bridgehead atoms. The van der Waals surface area contributed by atoms with Crippen LogP contribution in [0.25, 0.3) is 10.6 Å². The van der Waals surface area contributed by atoms with E-state index in [1.54, 1.807) is 25.2 Å². The quantitative estimate of drug-likeness (QED) is 0.517. The van der Waals surface area contributed by atoms with Gasteiger partial charge in [-0.1, -0.05) is 0 Å². The van der Waals surface area contributed by atoms with Crippen molar-refractivity contribution in [3.05, 3.63) is 57.2 Å². The van der Waals surface area contributed by atoms with Crippen molar-refractivity contribution < 1.29 is 23.9 Å². The fraction of sp³-hybridized carbons (Fsp3) is 0.238. The van der Waals surface area contributed by atoms with Crippen molar-refractivity contribution in [1.82, 2.24) is 4.98 Å². The maximum Gasteiger partial charge on any atom is 0.338 e. The van der Waals surface area contributed by atoms with Gasteiger partial charge in [0.15, 0.2) is 0 Å². The van der Waals surface area contributed by atoms with Gasteiger partial charge in [0.25, 0.3) is 0 Å². The van der Waals surface area contributed by atoms with E-state index >= 15 is 0 Å². The van der Waals surface area contributed by atoms with Gasteiger partial charge in [-0.25, -0.2) is 14.6 Å². The number of esters is 2. The van der Waals surface area contributed by atoms with Crippen LogP contribution in [0.4, 0.5) is 5.69 Å². The van der Waals surface area contributed by atoms with Crippen LogP contribution >= 0.6 is 22.7 Å². The van der Waals surface area contributed by atoms with Gasteiger partial charge in [-0.2, -0.15) is 11.3 Å². The number of aromatic nitrogens is 1. The Balaban J connectivity index is 1.76. The number of ether oxygens (including phenoxy) is 2. The van der Waals surface area contributed by atoms with Crippen LogP contribution in [0.2, 0.25) is 0 Å². The molecular formula is C21H20N2O5S2. The molecule has 3 rings (SSSR count). The lowest BCUT2D eigenvalue weighted by Gasteiger charge is -2.10. The summed E-state index contributed by atoms with van der Waals surface area (Å²) < 4.78 is 10.0. The SMILES string of the molecule is CCOC(=O)c1cc(NC(=O)Cc2csc(-c3ccsc3)n2)cc(C(=O)OCC)c1. The van der Waals surface area contributed by atoms with Crippen molar-refractivity contribution in [1.29, 1.82) is 0 Å². The summed E-state index contributed by atoms with van der Waals surface area (Å²) >= 11 is 3.06. The predicted molar refractivity (Wildman–Crippen MR) is 116 cm³/mol. The topological polar surface area (TPSA) is 94.6 Å². The summed E-state index contributed by atoms with van der Waals surface area (Å²) in [6.07, 6.45) is 0.0685. The molecule has 0 aliphatic heterocycles. The number of rotatable bonds is 8. The molecule has 2 heterocycles. The second kappa shape index (κ2) is 10.1. The zero-order chi connectivity index (χ0) is 21.5. The third-order valence-corrected chi connectivity index (χ3v) is 5.52. The fourth-order valence-corrected chi connectivity index (χ4v) is 4.17. The van der Waals surface area contributed by atoms with Gasteiger partial charge >= 0.3 is 11.9 Å². The van der Waals surface area contributed by atoms with Gasteiger partial charge in [-0.3, -0.25) is 4.79 Å². The fourth-order valence-electron chi connectivity index (χ4n) is 2.64. The molecule has 0 unspecified atom stereocenters. The van der Waals surface area contributed by atoms with Crippen LogP contribution in [0.5, 0.6) is 0 Å². The third-order valence-electron chi connectivity index (χ3n) is 3.90. The number of benzene rings is 1. The third kappa shape index (κ3) is 5.52. The highest BCUT2D eigenvalue weighted by Crippen LogP contribution is 2.26. The van der Waals surface area contributed by atoms with E-state index in [0.29, 0.717) is 11.4 Å². The number of hydrogen-bond acceptors (Lipinski definition) is 8. The highest BCUT2D eigenvalue weighted by molar-refractivity contribution is 7.14. The Morgan fingerprint density at radius 3 is 2.23 bits per heavy atom. The van der Waals surface area contributed by atoms with Gasteiger partial charge < -0.3 is 14.8 Å². The molecule has 0 saturated heterocycles. The minimum Gasteiger partial charge on any atom is -0.462 e. The molecule has 0 aliphatic rings. The molecule has 1 aromatic carbocycles. The van der Waals surface area contributed by atoms with Crippen LogP contribution in [0.3, 0.4) is 0 Å². The average molecular weight is 445 g/mol. The maximum absolute atomic E-state index is 12.5. The Labute approximate surface area is 181 Å². The van der Waals surface area contributed by atoms with E-state index in [9.17, 15) is 14.4 Å². The summed E-state index contributed by atoms with van der Waals surface area (Å²) in [6.45, 7) is 3.77. The molecule has 0 radical (unpaired) electrons. The number of anilines is 1. The lowest BCUT2D eigenvalue weighted by molar-refractivity contribution is -0.115. The van der Waals surface area contributed by atoms with E-state index in [-0.39, 0.29) is 36.7 Å². The molecule has 7 nitrogen and oxygen atoms in total. The highest BCUT2D eigenvalue weighted by atomic mass is 32.1. The van der Waals surface area contributed by atoms with Crippen LogP contribution < -0.4 is 5.32 Å². The molecule has 156 valence electrons. The lowest BCUT2D eigenvalue weighted by Crippen LogP contribution is -2.16. The summed E-state index contributed by atoms with van der Waals surface area (Å²) in [5.41, 5.74) is 2.29. The van der Waals surface area contributed by atoms with Crippen LogP contribution in [-0.2, 0) is 20.7 Å². The average Bonchev–Trinajstić information content (AvgIpc) is 3.40. The summed E-state index contributed by atoms with van der Waals surface area (Å²) in [7, 11) is 0. The normalized spacial score (nSPS) is 10.5. The lowest BCUT2D eigenvalue weighted by atomic mass is 10.1. The number of amides is 1. The first kappa shape index (κ1) is 21.7. The zero-order valence-electron chi connectivity index (χ0n) is 16.5. The van der Waals surface area contributed by atoms with Crippen LogP contribution in [0, 0.1) is 0 Å². The number of nitrogens with zero attached hydrogens (tertiary/aromatic N) is 1. The van der Waals surface area contributed by atoms with Crippen LogP contribution in [0.1, 0.15) is 40.3 Å². The summed E-state index contributed by atoms with van der Waals surface area (Å²) in [5.74, 6) is -1.48. The van der Waals surface area contributed by atoms with Crippen molar-refractivity contribution >= 4 is 46.2 Å². The van der Waals surface area contributed by atoms with Crippen molar-refractivity contribution in [3.63, 3.8) is 0 Å². The van der Waals surface area contributed by atoms with Crippen LogP contribution in [-0.4, -0.2) is 36.0 Å². The van der Waals surface area contributed by atoms with Gasteiger partial charge in [0.2, 0.25) is 5.91 Å². The molecule has 0 fully saturated rings. The summed E-state index contributed by atoms with van der Waals surface area (Å²) in [4.78, 5) is 41.3. The molecule has 0 atom stereocenters. The van der Waals surface area contributed by atoms with Gasteiger partial charge in [0.05, 0.1) is 36.5 Å². The minimum absolute atomic E-state index is 0.0685. The number of hydrogen-bond donors (Lipinski definition) is 1. The molecule has 2 aromatic heterocycles. The van der Waals surface area contributed by atoms with Gasteiger partial charge in [0, 0.05) is 22.0 Å². The highest BCUT2D eigenvalue weighted by Gasteiger charge is 2.16. The van der Waals surface area contributed by atoms with Crippen LogP contribution in [0.15, 0.2) is 40.4 Å². The first-order valence-corrected chi connectivity index (χ1v) is 11.1. The summed E-state index contributed by atoms with van der Waals surface area (Å²) in [6, 6.07) is 6.30. The van der Waals surface area contributed by atoms with E-state index in [2.05, 4.69) is 10.3 Å². The molecule has 0 aliphatic carbocycles. The van der Waals surface area contributed by atoms with Gasteiger partial charge in [0.1, 0.15) is 5.01 Å². The first-order valence-electron chi connectivity index (χ1n) is 9.26. The number of thiophene rings is 1. The summed E-state index contributed by atoms with van der Waals surface area (Å²) in [5, 5.41) is 9.39. The van der Waals surface area contributed by atoms with Gasteiger partial charge in [-0.15, -0.1) is 11.3 Å². The van der Waals surface area contributed by atoms with E-state index in [4.69, 9.17) is 9.47 Å². The maximum atomic E-state index is 12.5. The zero-order valence-corrected chi connectivity index (χ0v) is 18.1. The number of thiazole rings is 1. The van der Waals surface area contributed by atoms with E-state index in [1.165, 1.54) is 29.5 Å². The minimum atomic E-state index is -0.584. The second-order valence-electron chi connectivity index (χ2n) is 6.12. The van der Waals surface area contributed by atoms with E-state index in [1.807, 2.05) is 22.2 Å². The van der Waals surface area contributed by atoms with Crippen molar-refractivity contribution in [2.45, 2.75) is 20.3 Å². The van der Waals surface area contributed by atoms with Crippen molar-refractivity contribution in [3.8, 4) is 10.6 Å². The van der Waals surface area contributed by atoms with Gasteiger partial charge in [-0.05, 0) is 43.5 Å². The number of carbonyl (C=O) groups is 3. The molecule has 1 amide bonds. The second-order valence-corrected chi connectivity index (χ2v) is 7.76. The smallest absolute Gasteiger partial charge is 0.338 e. The molecular weight excluding hydrogens is 424 g/mol. The number of nitrogens with one attached hydrogen (secondary N) is 1.